The van der Waals surface area contributed by atoms with Crippen LogP contribution < -0.4 is 10.1 Å². The molecule has 1 aromatic heterocycles. The van der Waals surface area contributed by atoms with E-state index in [-0.39, 0.29) is 12.5 Å². The summed E-state index contributed by atoms with van der Waals surface area (Å²) >= 11 is 1.31. The van der Waals surface area contributed by atoms with E-state index in [1.54, 1.807) is 7.11 Å². The number of methoxy groups -OCH3 is 1. The number of rotatable bonds is 6. The normalized spacial score (nSPS) is 10.3. The minimum atomic E-state index is -0.232. The van der Waals surface area contributed by atoms with E-state index < -0.39 is 0 Å². The SMILES string of the molecule is CCOCC(=O)Nc1nnc(-c2ccc(OC)cc2)s1. The highest BCUT2D eigenvalue weighted by atomic mass is 32.1. The van der Waals surface area contributed by atoms with E-state index in [0.29, 0.717) is 11.7 Å². The lowest BCUT2D eigenvalue weighted by Gasteiger charge is -2.00. The lowest BCUT2D eigenvalue weighted by Crippen LogP contribution is -2.17. The fourth-order valence-corrected chi connectivity index (χ4v) is 2.24. The van der Waals surface area contributed by atoms with E-state index >= 15 is 0 Å². The maximum Gasteiger partial charge on any atom is 0.252 e. The van der Waals surface area contributed by atoms with Gasteiger partial charge < -0.3 is 9.47 Å². The van der Waals surface area contributed by atoms with Crippen LogP contribution in [0.4, 0.5) is 5.13 Å². The number of amides is 1. The number of aromatic nitrogens is 2. The number of anilines is 1. The molecule has 0 spiro atoms. The Balaban J connectivity index is 2.02. The van der Waals surface area contributed by atoms with Gasteiger partial charge in [-0.25, -0.2) is 0 Å². The fraction of sp³-hybridized carbons (Fsp3) is 0.308. The summed E-state index contributed by atoms with van der Waals surface area (Å²) in [5, 5.41) is 11.8. The summed E-state index contributed by atoms with van der Waals surface area (Å²) < 4.78 is 10.1. The highest BCUT2D eigenvalue weighted by Crippen LogP contribution is 2.27. The molecule has 2 rings (SSSR count). The molecular formula is C13H15N3O3S. The first-order valence-electron chi connectivity index (χ1n) is 6.08. The van der Waals surface area contributed by atoms with Gasteiger partial charge in [0.2, 0.25) is 5.13 Å². The van der Waals surface area contributed by atoms with E-state index in [2.05, 4.69) is 15.5 Å². The van der Waals surface area contributed by atoms with Gasteiger partial charge in [-0.3, -0.25) is 10.1 Å². The third kappa shape index (κ3) is 3.75. The average molecular weight is 293 g/mol. The summed E-state index contributed by atoms with van der Waals surface area (Å²) in [4.78, 5) is 11.5. The molecule has 0 bridgehead atoms. The second-order valence-corrected chi connectivity index (χ2v) is 4.80. The van der Waals surface area contributed by atoms with Crippen LogP contribution in [0.5, 0.6) is 5.75 Å². The van der Waals surface area contributed by atoms with E-state index in [9.17, 15) is 4.79 Å². The third-order valence-electron chi connectivity index (χ3n) is 2.45. The number of hydrogen-bond donors (Lipinski definition) is 1. The van der Waals surface area contributed by atoms with Crippen LogP contribution >= 0.6 is 11.3 Å². The van der Waals surface area contributed by atoms with Crippen LogP contribution in [0.15, 0.2) is 24.3 Å². The van der Waals surface area contributed by atoms with Gasteiger partial charge in [0, 0.05) is 12.2 Å². The Kier molecular flexibility index (Phi) is 5.03. The quantitative estimate of drug-likeness (QED) is 0.883. The van der Waals surface area contributed by atoms with Gasteiger partial charge in [-0.15, -0.1) is 10.2 Å². The van der Waals surface area contributed by atoms with Crippen LogP contribution in [-0.2, 0) is 9.53 Å². The van der Waals surface area contributed by atoms with Crippen molar-refractivity contribution in [3.05, 3.63) is 24.3 Å². The van der Waals surface area contributed by atoms with Crippen molar-refractivity contribution in [2.24, 2.45) is 0 Å². The first-order valence-corrected chi connectivity index (χ1v) is 6.90. The Labute approximate surface area is 120 Å². The van der Waals surface area contributed by atoms with Crippen LogP contribution in [0.1, 0.15) is 6.92 Å². The molecule has 0 aliphatic carbocycles. The Bertz CT molecular complexity index is 568. The van der Waals surface area contributed by atoms with E-state index in [0.717, 1.165) is 16.3 Å². The van der Waals surface area contributed by atoms with Gasteiger partial charge in [0.25, 0.3) is 5.91 Å². The Morgan fingerprint density at radius 1 is 1.30 bits per heavy atom. The van der Waals surface area contributed by atoms with E-state index in [1.165, 1.54) is 11.3 Å². The topological polar surface area (TPSA) is 73.3 Å². The maximum absolute atomic E-state index is 11.5. The lowest BCUT2D eigenvalue weighted by atomic mass is 10.2. The number of nitrogens with zero attached hydrogens (tertiary/aromatic N) is 2. The number of benzene rings is 1. The van der Waals surface area contributed by atoms with Crippen LogP contribution in [0, 0.1) is 0 Å². The van der Waals surface area contributed by atoms with Crippen molar-refractivity contribution >= 4 is 22.4 Å². The molecule has 0 aliphatic rings. The largest absolute Gasteiger partial charge is 0.497 e. The van der Waals surface area contributed by atoms with Crippen molar-refractivity contribution in [1.82, 2.24) is 10.2 Å². The Morgan fingerprint density at radius 3 is 2.70 bits per heavy atom. The summed E-state index contributed by atoms with van der Waals surface area (Å²) in [6, 6.07) is 7.49. The van der Waals surface area contributed by atoms with Crippen molar-refractivity contribution in [2.75, 3.05) is 25.6 Å². The molecule has 2 aromatic rings. The molecule has 1 heterocycles. The smallest absolute Gasteiger partial charge is 0.252 e. The molecular weight excluding hydrogens is 278 g/mol. The fourth-order valence-electron chi connectivity index (χ4n) is 1.47. The predicted octanol–water partition coefficient (Wildman–Crippen LogP) is 2.19. The molecule has 1 amide bonds. The van der Waals surface area contributed by atoms with Gasteiger partial charge in [-0.2, -0.15) is 0 Å². The zero-order chi connectivity index (χ0) is 14.4. The monoisotopic (exact) mass is 293 g/mol. The lowest BCUT2D eigenvalue weighted by molar-refractivity contribution is -0.120. The zero-order valence-electron chi connectivity index (χ0n) is 11.3. The van der Waals surface area contributed by atoms with Crippen molar-refractivity contribution < 1.29 is 14.3 Å². The molecule has 0 saturated carbocycles. The number of hydrogen-bond acceptors (Lipinski definition) is 6. The van der Waals surface area contributed by atoms with Crippen LogP contribution in [-0.4, -0.2) is 36.4 Å². The zero-order valence-corrected chi connectivity index (χ0v) is 12.1. The summed E-state index contributed by atoms with van der Waals surface area (Å²) in [6.45, 7) is 2.36. The summed E-state index contributed by atoms with van der Waals surface area (Å²) in [5.41, 5.74) is 0.925. The van der Waals surface area contributed by atoms with Crippen molar-refractivity contribution in [3.8, 4) is 16.3 Å². The summed E-state index contributed by atoms with van der Waals surface area (Å²) in [7, 11) is 1.62. The molecule has 106 valence electrons. The molecule has 6 nitrogen and oxygen atoms in total. The summed E-state index contributed by atoms with van der Waals surface area (Å²) in [6.07, 6.45) is 0. The second kappa shape index (κ2) is 6.97. The molecule has 0 unspecified atom stereocenters. The van der Waals surface area contributed by atoms with E-state index in [1.807, 2.05) is 31.2 Å². The van der Waals surface area contributed by atoms with Gasteiger partial charge >= 0.3 is 0 Å². The van der Waals surface area contributed by atoms with Gasteiger partial charge in [-0.05, 0) is 31.2 Å². The number of carbonyl (C=O) groups is 1. The average Bonchev–Trinajstić information content (AvgIpc) is 2.93. The number of ether oxygens (including phenoxy) is 2. The molecule has 20 heavy (non-hydrogen) atoms. The third-order valence-corrected chi connectivity index (χ3v) is 3.33. The molecule has 0 fully saturated rings. The second-order valence-electron chi connectivity index (χ2n) is 3.83. The first kappa shape index (κ1) is 14.4. The standard InChI is InChI=1S/C13H15N3O3S/c1-3-19-8-11(17)14-13-16-15-12(20-13)9-4-6-10(18-2)7-5-9/h4-7H,3,8H2,1-2H3,(H,14,16,17). The first-order chi connectivity index (χ1) is 9.72. The molecule has 0 radical (unpaired) electrons. The van der Waals surface area contributed by atoms with Crippen molar-refractivity contribution in [3.63, 3.8) is 0 Å². The van der Waals surface area contributed by atoms with Crippen LogP contribution in [0.25, 0.3) is 10.6 Å². The Morgan fingerprint density at radius 2 is 2.05 bits per heavy atom. The molecule has 0 aliphatic heterocycles. The minimum absolute atomic E-state index is 0.0218. The van der Waals surface area contributed by atoms with Crippen molar-refractivity contribution in [1.29, 1.82) is 0 Å². The predicted molar refractivity (Wildman–Crippen MR) is 77.0 cm³/mol. The molecule has 0 saturated heterocycles. The van der Waals surface area contributed by atoms with Gasteiger partial charge in [0.15, 0.2) is 0 Å². The highest BCUT2D eigenvalue weighted by molar-refractivity contribution is 7.18. The molecule has 1 N–H and O–H groups in total. The Hall–Kier alpha value is -1.99. The van der Waals surface area contributed by atoms with Gasteiger partial charge in [0.05, 0.1) is 7.11 Å². The number of carbonyl (C=O) groups excluding carboxylic acids is 1. The van der Waals surface area contributed by atoms with Gasteiger partial charge in [-0.1, -0.05) is 11.3 Å². The molecule has 1 aromatic carbocycles. The number of nitrogens with one attached hydrogen (secondary N) is 1. The van der Waals surface area contributed by atoms with E-state index in [4.69, 9.17) is 9.47 Å². The summed E-state index contributed by atoms with van der Waals surface area (Å²) in [5.74, 6) is 0.549. The highest BCUT2D eigenvalue weighted by Gasteiger charge is 2.09. The molecule has 0 atom stereocenters. The minimum Gasteiger partial charge on any atom is -0.497 e. The maximum atomic E-state index is 11.5. The van der Waals surface area contributed by atoms with Crippen LogP contribution in [0.3, 0.4) is 0 Å². The van der Waals surface area contributed by atoms with Crippen molar-refractivity contribution in [2.45, 2.75) is 6.92 Å². The van der Waals surface area contributed by atoms with Gasteiger partial charge in [0.1, 0.15) is 17.4 Å². The van der Waals surface area contributed by atoms with Crippen LogP contribution in [0.2, 0.25) is 0 Å². The molecule has 7 heteroatoms.